The molecule has 1 unspecified atom stereocenters. The van der Waals surface area contributed by atoms with Crippen molar-refractivity contribution < 1.29 is 4.42 Å². The van der Waals surface area contributed by atoms with Crippen molar-refractivity contribution in [2.45, 2.75) is 65.5 Å². The van der Waals surface area contributed by atoms with Crippen LogP contribution in [0.4, 0.5) is 0 Å². The van der Waals surface area contributed by atoms with Crippen LogP contribution in [-0.2, 0) is 13.1 Å². The Bertz CT molecular complexity index is 388. The first-order valence-corrected chi connectivity index (χ1v) is 8.81. The first kappa shape index (κ1) is 16.6. The van der Waals surface area contributed by atoms with Gasteiger partial charge >= 0.3 is 0 Å². The summed E-state index contributed by atoms with van der Waals surface area (Å²) in [4.78, 5) is 2.61. The van der Waals surface area contributed by atoms with Crippen molar-refractivity contribution in [2.75, 3.05) is 19.6 Å². The van der Waals surface area contributed by atoms with Crippen molar-refractivity contribution in [3.05, 3.63) is 23.7 Å². The Hall–Kier alpha value is -0.800. The molecular formula is C18H32N2O. The maximum absolute atomic E-state index is 5.65. The van der Waals surface area contributed by atoms with Crippen LogP contribution in [0, 0.1) is 5.92 Å². The molecule has 3 heteroatoms. The standard InChI is InChI=1S/C18H32N2O/c1-3-6-16-7-5-11-20(12-8-16)15-17-9-13-21-18(17)14-19-10-4-2/h9,13,16,19H,3-8,10-12,14-15H2,1-2H3. The van der Waals surface area contributed by atoms with Crippen LogP contribution in [0.1, 0.15) is 63.7 Å². The zero-order valence-electron chi connectivity index (χ0n) is 13.9. The number of nitrogens with one attached hydrogen (secondary N) is 1. The van der Waals surface area contributed by atoms with Gasteiger partial charge in [-0.1, -0.05) is 26.7 Å². The molecule has 0 amide bonds. The Morgan fingerprint density at radius 2 is 2.14 bits per heavy atom. The lowest BCUT2D eigenvalue weighted by molar-refractivity contribution is 0.268. The molecule has 0 saturated carbocycles. The number of hydrogen-bond acceptors (Lipinski definition) is 3. The summed E-state index contributed by atoms with van der Waals surface area (Å²) in [6, 6.07) is 2.15. The van der Waals surface area contributed by atoms with Gasteiger partial charge in [0.1, 0.15) is 5.76 Å². The Balaban J connectivity index is 1.82. The fourth-order valence-electron chi connectivity index (χ4n) is 3.36. The molecule has 120 valence electrons. The van der Waals surface area contributed by atoms with E-state index in [9.17, 15) is 0 Å². The summed E-state index contributed by atoms with van der Waals surface area (Å²) in [6.45, 7) is 9.97. The maximum Gasteiger partial charge on any atom is 0.122 e. The van der Waals surface area contributed by atoms with Crippen LogP contribution in [0.15, 0.2) is 16.7 Å². The van der Waals surface area contributed by atoms with Gasteiger partial charge in [-0.3, -0.25) is 4.90 Å². The molecule has 0 bridgehead atoms. The van der Waals surface area contributed by atoms with Crippen molar-refractivity contribution in [1.82, 2.24) is 10.2 Å². The average molecular weight is 292 g/mol. The Morgan fingerprint density at radius 1 is 1.24 bits per heavy atom. The smallest absolute Gasteiger partial charge is 0.122 e. The highest BCUT2D eigenvalue weighted by atomic mass is 16.3. The third kappa shape index (κ3) is 5.48. The Morgan fingerprint density at radius 3 is 2.95 bits per heavy atom. The molecule has 0 aliphatic carbocycles. The van der Waals surface area contributed by atoms with E-state index in [0.717, 1.165) is 31.3 Å². The zero-order chi connectivity index (χ0) is 14.9. The van der Waals surface area contributed by atoms with E-state index in [1.807, 2.05) is 6.26 Å². The number of hydrogen-bond donors (Lipinski definition) is 1. The largest absolute Gasteiger partial charge is 0.468 e. The lowest BCUT2D eigenvalue weighted by atomic mass is 9.96. The van der Waals surface area contributed by atoms with E-state index in [-0.39, 0.29) is 0 Å². The molecule has 0 spiro atoms. The average Bonchev–Trinajstić information content (AvgIpc) is 2.79. The first-order chi connectivity index (χ1) is 10.3. The molecule has 1 aromatic rings. The highest BCUT2D eigenvalue weighted by Crippen LogP contribution is 2.23. The summed E-state index contributed by atoms with van der Waals surface area (Å²) < 4.78 is 5.65. The van der Waals surface area contributed by atoms with Crippen molar-refractivity contribution in [2.24, 2.45) is 5.92 Å². The van der Waals surface area contributed by atoms with E-state index >= 15 is 0 Å². The van der Waals surface area contributed by atoms with Crippen molar-refractivity contribution >= 4 is 0 Å². The van der Waals surface area contributed by atoms with Gasteiger partial charge in [-0.15, -0.1) is 0 Å². The molecule has 3 nitrogen and oxygen atoms in total. The van der Waals surface area contributed by atoms with Crippen LogP contribution in [-0.4, -0.2) is 24.5 Å². The molecule has 21 heavy (non-hydrogen) atoms. The number of likely N-dealkylation sites (tertiary alicyclic amines) is 1. The second-order valence-electron chi connectivity index (χ2n) is 6.41. The van der Waals surface area contributed by atoms with Crippen LogP contribution in [0.3, 0.4) is 0 Å². The monoisotopic (exact) mass is 292 g/mol. The fourth-order valence-corrected chi connectivity index (χ4v) is 3.36. The van der Waals surface area contributed by atoms with Gasteiger partial charge in [-0.2, -0.15) is 0 Å². The SMILES string of the molecule is CCCNCc1occc1CN1CCCC(CCC)CC1. The molecule has 1 N–H and O–H groups in total. The van der Waals surface area contributed by atoms with Gasteiger partial charge in [-0.25, -0.2) is 0 Å². The zero-order valence-corrected chi connectivity index (χ0v) is 13.9. The molecule has 0 radical (unpaired) electrons. The number of rotatable bonds is 8. The van der Waals surface area contributed by atoms with Crippen LogP contribution in [0.2, 0.25) is 0 Å². The molecule has 1 saturated heterocycles. The highest BCUT2D eigenvalue weighted by Gasteiger charge is 2.18. The van der Waals surface area contributed by atoms with Gasteiger partial charge in [0.2, 0.25) is 0 Å². The minimum atomic E-state index is 0.864. The molecular weight excluding hydrogens is 260 g/mol. The molecule has 1 atom stereocenters. The first-order valence-electron chi connectivity index (χ1n) is 8.81. The molecule has 2 heterocycles. The van der Waals surface area contributed by atoms with Crippen LogP contribution in [0.5, 0.6) is 0 Å². The van der Waals surface area contributed by atoms with E-state index in [2.05, 4.69) is 30.1 Å². The van der Waals surface area contributed by atoms with Crippen molar-refractivity contribution in [3.63, 3.8) is 0 Å². The van der Waals surface area contributed by atoms with Gasteiger partial charge in [0.25, 0.3) is 0 Å². The summed E-state index contributed by atoms with van der Waals surface area (Å²) in [6.07, 6.45) is 9.89. The Kier molecular flexibility index (Phi) is 7.31. The highest BCUT2D eigenvalue weighted by molar-refractivity contribution is 5.16. The topological polar surface area (TPSA) is 28.4 Å². The van der Waals surface area contributed by atoms with Gasteiger partial charge in [0, 0.05) is 12.1 Å². The predicted octanol–water partition coefficient (Wildman–Crippen LogP) is 4.18. The summed E-state index contributed by atoms with van der Waals surface area (Å²) >= 11 is 0. The van der Waals surface area contributed by atoms with E-state index in [4.69, 9.17) is 4.42 Å². The maximum atomic E-state index is 5.65. The van der Waals surface area contributed by atoms with Crippen molar-refractivity contribution in [1.29, 1.82) is 0 Å². The van der Waals surface area contributed by atoms with Crippen LogP contribution >= 0.6 is 0 Å². The van der Waals surface area contributed by atoms with Crippen LogP contribution < -0.4 is 5.32 Å². The molecule has 1 fully saturated rings. The normalized spacial score (nSPS) is 20.6. The molecule has 0 aromatic carbocycles. The number of furan rings is 1. The molecule has 1 aliphatic rings. The Labute approximate surface area is 130 Å². The third-order valence-corrected chi connectivity index (χ3v) is 4.58. The molecule has 1 aromatic heterocycles. The third-order valence-electron chi connectivity index (χ3n) is 4.58. The van der Waals surface area contributed by atoms with Gasteiger partial charge in [0.05, 0.1) is 12.8 Å². The second kappa shape index (κ2) is 9.26. The number of nitrogens with zero attached hydrogens (tertiary/aromatic N) is 1. The van der Waals surface area contributed by atoms with E-state index in [1.165, 1.54) is 57.2 Å². The minimum absolute atomic E-state index is 0.864. The second-order valence-corrected chi connectivity index (χ2v) is 6.41. The van der Waals surface area contributed by atoms with E-state index < -0.39 is 0 Å². The van der Waals surface area contributed by atoms with E-state index in [1.54, 1.807) is 0 Å². The summed E-state index contributed by atoms with van der Waals surface area (Å²) in [5.41, 5.74) is 1.37. The summed E-state index contributed by atoms with van der Waals surface area (Å²) in [7, 11) is 0. The van der Waals surface area contributed by atoms with Crippen LogP contribution in [0.25, 0.3) is 0 Å². The van der Waals surface area contributed by atoms with E-state index in [0.29, 0.717) is 0 Å². The fraction of sp³-hybridized carbons (Fsp3) is 0.778. The minimum Gasteiger partial charge on any atom is -0.468 e. The summed E-state index contributed by atoms with van der Waals surface area (Å²) in [5.74, 6) is 2.08. The lowest BCUT2D eigenvalue weighted by Crippen LogP contribution is -2.25. The molecule has 2 rings (SSSR count). The summed E-state index contributed by atoms with van der Waals surface area (Å²) in [5, 5.41) is 3.44. The molecule has 1 aliphatic heterocycles. The van der Waals surface area contributed by atoms with Gasteiger partial charge < -0.3 is 9.73 Å². The van der Waals surface area contributed by atoms with Gasteiger partial charge in [0.15, 0.2) is 0 Å². The quantitative estimate of drug-likeness (QED) is 0.729. The lowest BCUT2D eigenvalue weighted by Gasteiger charge is -2.20. The predicted molar refractivity (Wildman–Crippen MR) is 88.2 cm³/mol. The van der Waals surface area contributed by atoms with Crippen molar-refractivity contribution in [3.8, 4) is 0 Å². The van der Waals surface area contributed by atoms with Gasteiger partial charge in [-0.05, 0) is 57.3 Å².